The van der Waals surface area contributed by atoms with E-state index in [-0.39, 0.29) is 23.5 Å². The van der Waals surface area contributed by atoms with Crippen molar-refractivity contribution in [2.75, 3.05) is 30.4 Å². The SMILES string of the molecule is CN1CCc2nc(NC(=O)c3cc(C4CC4)n(C4CCS(=O)(=O)C4)n3)sc2C1. The summed E-state index contributed by atoms with van der Waals surface area (Å²) in [6.07, 6.45) is 3.60. The second-order valence-corrected chi connectivity index (χ2v) is 11.4. The summed E-state index contributed by atoms with van der Waals surface area (Å²) < 4.78 is 25.6. The van der Waals surface area contributed by atoms with Crippen LogP contribution in [0.1, 0.15) is 58.0 Å². The van der Waals surface area contributed by atoms with Crippen LogP contribution in [0.4, 0.5) is 5.13 Å². The Hall–Kier alpha value is -1.78. The van der Waals surface area contributed by atoms with Crippen LogP contribution in [0, 0.1) is 0 Å². The summed E-state index contributed by atoms with van der Waals surface area (Å²) >= 11 is 1.52. The summed E-state index contributed by atoms with van der Waals surface area (Å²) in [4.78, 5) is 20.8. The van der Waals surface area contributed by atoms with Crippen LogP contribution < -0.4 is 5.32 Å². The van der Waals surface area contributed by atoms with Crippen molar-refractivity contribution in [3.63, 3.8) is 0 Å². The first-order valence-corrected chi connectivity index (χ1v) is 12.3. The predicted octanol–water partition coefficient (Wildman–Crippen LogP) is 1.82. The molecule has 28 heavy (non-hydrogen) atoms. The van der Waals surface area contributed by atoms with E-state index in [2.05, 4.69) is 27.3 Å². The van der Waals surface area contributed by atoms with Crippen LogP contribution in [0.3, 0.4) is 0 Å². The lowest BCUT2D eigenvalue weighted by molar-refractivity contribution is 0.102. The molecule has 0 bridgehead atoms. The molecule has 1 saturated carbocycles. The number of carbonyl (C=O) groups excluding carboxylic acids is 1. The summed E-state index contributed by atoms with van der Waals surface area (Å²) in [7, 11) is -0.926. The van der Waals surface area contributed by atoms with Crippen molar-refractivity contribution >= 4 is 32.2 Å². The summed E-state index contributed by atoms with van der Waals surface area (Å²) in [5, 5.41) is 8.02. The zero-order valence-electron chi connectivity index (χ0n) is 15.7. The molecule has 0 aromatic carbocycles. The van der Waals surface area contributed by atoms with E-state index in [1.807, 2.05) is 6.07 Å². The molecule has 1 saturated heterocycles. The first-order chi connectivity index (χ1) is 13.4. The van der Waals surface area contributed by atoms with Crippen molar-refractivity contribution in [3.05, 3.63) is 28.0 Å². The second kappa shape index (κ2) is 6.64. The minimum atomic E-state index is -3.01. The third-order valence-electron chi connectivity index (χ3n) is 5.69. The van der Waals surface area contributed by atoms with Crippen molar-refractivity contribution in [1.82, 2.24) is 19.7 Å². The topological polar surface area (TPSA) is 97.2 Å². The van der Waals surface area contributed by atoms with Crippen LogP contribution in [-0.4, -0.2) is 59.1 Å². The smallest absolute Gasteiger partial charge is 0.277 e. The summed E-state index contributed by atoms with van der Waals surface area (Å²) in [5.74, 6) is 0.422. The minimum Gasteiger partial charge on any atom is -0.301 e. The molecule has 3 aliphatic rings. The van der Waals surface area contributed by atoms with Crippen molar-refractivity contribution < 1.29 is 13.2 Å². The maximum absolute atomic E-state index is 12.8. The molecule has 8 nitrogen and oxygen atoms in total. The molecule has 0 spiro atoms. The number of amides is 1. The van der Waals surface area contributed by atoms with Crippen LogP contribution in [0.2, 0.25) is 0 Å². The standard InChI is InChI=1S/C18H23N5O3S2/c1-22-6-4-13-16(9-22)27-18(19-13)20-17(24)14-8-15(11-2-3-11)23(21-14)12-5-7-28(25,26)10-12/h8,11-12H,2-7,9-10H2,1H3,(H,19,20,24). The van der Waals surface area contributed by atoms with Crippen molar-refractivity contribution in [2.45, 2.75) is 44.2 Å². The number of fused-ring (bicyclic) bond motifs is 1. The molecular formula is C18H23N5O3S2. The van der Waals surface area contributed by atoms with Gasteiger partial charge in [-0.15, -0.1) is 11.3 Å². The molecule has 2 aromatic rings. The van der Waals surface area contributed by atoms with Gasteiger partial charge in [0.2, 0.25) is 0 Å². The molecule has 2 aliphatic heterocycles. The van der Waals surface area contributed by atoms with E-state index in [1.54, 1.807) is 4.68 Å². The minimum absolute atomic E-state index is 0.113. The molecule has 2 fully saturated rings. The van der Waals surface area contributed by atoms with Crippen LogP contribution in [0.25, 0.3) is 0 Å². The van der Waals surface area contributed by atoms with E-state index in [9.17, 15) is 13.2 Å². The fourth-order valence-corrected chi connectivity index (χ4v) is 6.78. The highest BCUT2D eigenvalue weighted by Crippen LogP contribution is 2.42. The number of hydrogen-bond donors (Lipinski definition) is 1. The molecule has 1 unspecified atom stereocenters. The first-order valence-electron chi connectivity index (χ1n) is 9.66. The van der Waals surface area contributed by atoms with E-state index in [4.69, 9.17) is 0 Å². The highest BCUT2D eigenvalue weighted by Gasteiger charge is 2.36. The Bertz CT molecular complexity index is 1040. The van der Waals surface area contributed by atoms with Gasteiger partial charge in [-0.05, 0) is 32.4 Å². The molecule has 1 atom stereocenters. The monoisotopic (exact) mass is 421 g/mol. The Kier molecular flexibility index (Phi) is 4.33. The number of thiazole rings is 1. The quantitative estimate of drug-likeness (QED) is 0.809. The summed E-state index contributed by atoms with van der Waals surface area (Å²) in [6.45, 7) is 1.84. The number of carbonyl (C=O) groups is 1. The van der Waals surface area contributed by atoms with Gasteiger partial charge in [0.1, 0.15) is 0 Å². The molecular weight excluding hydrogens is 398 g/mol. The van der Waals surface area contributed by atoms with Crippen LogP contribution in [0.15, 0.2) is 6.07 Å². The van der Waals surface area contributed by atoms with E-state index in [0.717, 1.165) is 43.7 Å². The fourth-order valence-electron chi connectivity index (χ4n) is 4.00. The van der Waals surface area contributed by atoms with E-state index in [1.165, 1.54) is 16.2 Å². The Morgan fingerprint density at radius 2 is 2.14 bits per heavy atom. The molecule has 2 aromatic heterocycles. The van der Waals surface area contributed by atoms with Crippen LogP contribution in [-0.2, 0) is 22.8 Å². The van der Waals surface area contributed by atoms with Gasteiger partial charge in [0, 0.05) is 36.0 Å². The van der Waals surface area contributed by atoms with Gasteiger partial charge in [-0.3, -0.25) is 14.8 Å². The highest BCUT2D eigenvalue weighted by molar-refractivity contribution is 7.91. The van der Waals surface area contributed by atoms with Gasteiger partial charge in [0.15, 0.2) is 20.7 Å². The van der Waals surface area contributed by atoms with Crippen LogP contribution >= 0.6 is 11.3 Å². The maximum Gasteiger partial charge on any atom is 0.277 e. The molecule has 150 valence electrons. The third-order valence-corrected chi connectivity index (χ3v) is 8.44. The van der Waals surface area contributed by atoms with E-state index < -0.39 is 9.84 Å². The average molecular weight is 422 g/mol. The average Bonchev–Trinajstić information content (AvgIpc) is 3.09. The normalized spacial score (nSPS) is 24.2. The Balaban J connectivity index is 1.37. The molecule has 5 rings (SSSR count). The lowest BCUT2D eigenvalue weighted by Gasteiger charge is -2.20. The second-order valence-electron chi connectivity index (χ2n) is 8.06. The van der Waals surface area contributed by atoms with Gasteiger partial charge in [-0.25, -0.2) is 13.4 Å². The molecule has 1 aliphatic carbocycles. The lowest BCUT2D eigenvalue weighted by Crippen LogP contribution is -2.25. The molecule has 0 radical (unpaired) electrons. The summed E-state index contributed by atoms with van der Waals surface area (Å²) in [5.41, 5.74) is 2.41. The van der Waals surface area contributed by atoms with Crippen molar-refractivity contribution in [1.29, 1.82) is 0 Å². The van der Waals surface area contributed by atoms with Gasteiger partial charge >= 0.3 is 0 Å². The molecule has 1 amide bonds. The lowest BCUT2D eigenvalue weighted by atomic mass is 10.2. The predicted molar refractivity (Wildman–Crippen MR) is 107 cm³/mol. The van der Waals surface area contributed by atoms with Gasteiger partial charge in [-0.1, -0.05) is 0 Å². The highest BCUT2D eigenvalue weighted by atomic mass is 32.2. The Labute approximate surface area is 167 Å². The molecule has 10 heteroatoms. The Morgan fingerprint density at radius 3 is 2.86 bits per heavy atom. The van der Waals surface area contributed by atoms with Crippen LogP contribution in [0.5, 0.6) is 0 Å². The van der Waals surface area contributed by atoms with Gasteiger partial charge in [0.05, 0.1) is 23.2 Å². The zero-order chi connectivity index (χ0) is 19.5. The van der Waals surface area contributed by atoms with Gasteiger partial charge in [-0.2, -0.15) is 5.10 Å². The van der Waals surface area contributed by atoms with Crippen molar-refractivity contribution in [3.8, 4) is 0 Å². The number of nitrogens with zero attached hydrogens (tertiary/aromatic N) is 4. The van der Waals surface area contributed by atoms with Gasteiger partial charge in [0.25, 0.3) is 5.91 Å². The number of sulfone groups is 1. The number of aromatic nitrogens is 3. The number of likely N-dealkylation sites (N-methyl/N-ethyl adjacent to an activating group) is 1. The fraction of sp³-hybridized carbons (Fsp3) is 0.611. The zero-order valence-corrected chi connectivity index (χ0v) is 17.4. The number of hydrogen-bond acceptors (Lipinski definition) is 7. The first kappa shape index (κ1) is 18.3. The third kappa shape index (κ3) is 3.48. The number of rotatable bonds is 4. The Morgan fingerprint density at radius 1 is 1.32 bits per heavy atom. The largest absolute Gasteiger partial charge is 0.301 e. The van der Waals surface area contributed by atoms with E-state index in [0.29, 0.717) is 23.2 Å². The van der Waals surface area contributed by atoms with E-state index >= 15 is 0 Å². The molecule has 1 N–H and O–H groups in total. The maximum atomic E-state index is 12.8. The van der Waals surface area contributed by atoms with Gasteiger partial charge < -0.3 is 4.90 Å². The summed E-state index contributed by atoms with van der Waals surface area (Å²) in [6, 6.07) is 1.67. The van der Waals surface area contributed by atoms with Crippen molar-refractivity contribution in [2.24, 2.45) is 0 Å². The number of nitrogens with one attached hydrogen (secondary N) is 1. The molecule has 4 heterocycles. The number of anilines is 1.